The van der Waals surface area contributed by atoms with Crippen LogP contribution in [0.4, 0.5) is 0 Å². The van der Waals surface area contributed by atoms with Crippen molar-refractivity contribution in [2.75, 3.05) is 7.11 Å². The molecule has 0 atom stereocenters. The van der Waals surface area contributed by atoms with Gasteiger partial charge in [-0.2, -0.15) is 16.8 Å². The zero-order valence-corrected chi connectivity index (χ0v) is 10.7. The Morgan fingerprint density at radius 1 is 1.06 bits per heavy atom. The number of ether oxygens (including phenoxy) is 1. The third-order valence-electron chi connectivity index (χ3n) is 2.02. The summed E-state index contributed by atoms with van der Waals surface area (Å²) in [5.74, 6) is -0.725. The van der Waals surface area contributed by atoms with Crippen LogP contribution in [0.3, 0.4) is 0 Å². The van der Waals surface area contributed by atoms with E-state index in [1.54, 1.807) is 0 Å². The molecule has 1 rings (SSSR count). The van der Waals surface area contributed by atoms with Gasteiger partial charge in [-0.05, 0) is 17.7 Å². The third-order valence-corrected chi connectivity index (χ3v) is 3.74. The summed E-state index contributed by atoms with van der Waals surface area (Å²) >= 11 is 0. The first-order valence-electron chi connectivity index (χ1n) is 4.38. The molecular formula is C8H10O8S2. The molecule has 102 valence electrons. The standard InChI is InChI=1S/C8H10O8S2/c1-16-8-6(17(10,11)12)2-5(4-9)3-7(8)18(13,14)15/h2-3,9H,4H2,1H3,(H,10,11,12)(H,13,14,15). The number of benzene rings is 1. The number of aliphatic hydroxyl groups excluding tert-OH is 1. The van der Waals surface area contributed by atoms with Gasteiger partial charge >= 0.3 is 0 Å². The summed E-state index contributed by atoms with van der Waals surface area (Å²) in [7, 11) is -8.58. The smallest absolute Gasteiger partial charge is 0.298 e. The fourth-order valence-electron chi connectivity index (χ4n) is 1.31. The summed E-state index contributed by atoms with van der Waals surface area (Å²) in [6.07, 6.45) is 0. The van der Waals surface area contributed by atoms with Crippen molar-refractivity contribution < 1.29 is 35.8 Å². The number of methoxy groups -OCH3 is 1. The van der Waals surface area contributed by atoms with Gasteiger partial charge in [0.15, 0.2) is 5.75 Å². The second-order valence-corrected chi connectivity index (χ2v) is 6.01. The number of hydrogen-bond donors (Lipinski definition) is 3. The van der Waals surface area contributed by atoms with Gasteiger partial charge in [-0.1, -0.05) is 0 Å². The first-order valence-corrected chi connectivity index (χ1v) is 7.26. The molecule has 0 aliphatic rings. The van der Waals surface area contributed by atoms with Crippen LogP contribution in [-0.4, -0.2) is 38.2 Å². The summed E-state index contributed by atoms with van der Waals surface area (Å²) in [5.41, 5.74) is -0.129. The van der Waals surface area contributed by atoms with E-state index in [4.69, 9.17) is 14.2 Å². The van der Waals surface area contributed by atoms with Crippen molar-refractivity contribution in [1.82, 2.24) is 0 Å². The predicted octanol–water partition coefficient (Wildman–Crippen LogP) is -0.319. The third kappa shape index (κ3) is 2.97. The Morgan fingerprint density at radius 3 is 1.67 bits per heavy atom. The highest BCUT2D eigenvalue weighted by molar-refractivity contribution is 7.86. The van der Waals surface area contributed by atoms with E-state index in [1.165, 1.54) is 0 Å². The summed E-state index contributed by atoms with van der Waals surface area (Å²) < 4.78 is 66.8. The molecule has 0 heterocycles. The summed E-state index contributed by atoms with van der Waals surface area (Å²) in [6.45, 7) is -0.685. The lowest BCUT2D eigenvalue weighted by atomic mass is 10.2. The Balaban J connectivity index is 3.84. The Hall–Kier alpha value is -1.20. The van der Waals surface area contributed by atoms with E-state index >= 15 is 0 Å². The Bertz CT molecular complexity index is 605. The van der Waals surface area contributed by atoms with Crippen LogP contribution < -0.4 is 4.74 Å². The van der Waals surface area contributed by atoms with Gasteiger partial charge in [0, 0.05) is 0 Å². The minimum atomic E-state index is -4.77. The van der Waals surface area contributed by atoms with Crippen LogP contribution in [0.15, 0.2) is 21.9 Å². The van der Waals surface area contributed by atoms with Crippen molar-refractivity contribution in [3.05, 3.63) is 17.7 Å². The molecule has 3 N–H and O–H groups in total. The lowest BCUT2D eigenvalue weighted by molar-refractivity contribution is 0.280. The number of aliphatic hydroxyl groups is 1. The fourth-order valence-corrected chi connectivity index (χ4v) is 2.83. The maximum Gasteiger partial charge on any atom is 0.298 e. The van der Waals surface area contributed by atoms with Crippen LogP contribution in [0.1, 0.15) is 5.56 Å². The van der Waals surface area contributed by atoms with Gasteiger partial charge in [-0.3, -0.25) is 9.11 Å². The lowest BCUT2D eigenvalue weighted by Crippen LogP contribution is -2.09. The normalized spacial score (nSPS) is 12.4. The van der Waals surface area contributed by atoms with Crippen molar-refractivity contribution in [3.8, 4) is 5.75 Å². The molecule has 0 aliphatic carbocycles. The SMILES string of the molecule is COc1c(S(=O)(=O)O)cc(CO)cc1S(=O)(=O)O. The summed E-state index contributed by atoms with van der Waals surface area (Å²) in [6, 6.07) is 1.67. The fraction of sp³-hybridized carbons (Fsp3) is 0.250. The van der Waals surface area contributed by atoms with Crippen LogP contribution in [0, 0.1) is 0 Å². The molecule has 0 saturated heterocycles. The first-order chi connectivity index (χ1) is 8.11. The molecule has 1 aromatic rings. The topological polar surface area (TPSA) is 138 Å². The van der Waals surface area contributed by atoms with Gasteiger partial charge in [0.05, 0.1) is 13.7 Å². The molecule has 1 aromatic carbocycles. The zero-order chi connectivity index (χ0) is 14.1. The Kier molecular flexibility index (Phi) is 3.98. The molecule has 0 unspecified atom stereocenters. The van der Waals surface area contributed by atoms with Crippen LogP contribution >= 0.6 is 0 Å². The Labute approximate surface area is 103 Å². The second-order valence-electron chi connectivity index (χ2n) is 3.23. The maximum absolute atomic E-state index is 11.1. The molecule has 0 bridgehead atoms. The second kappa shape index (κ2) is 4.82. The van der Waals surface area contributed by atoms with E-state index in [0.29, 0.717) is 0 Å². The van der Waals surface area contributed by atoms with E-state index in [-0.39, 0.29) is 5.56 Å². The highest BCUT2D eigenvalue weighted by atomic mass is 32.2. The van der Waals surface area contributed by atoms with Crippen molar-refractivity contribution >= 4 is 20.2 Å². The molecular weight excluding hydrogens is 288 g/mol. The quantitative estimate of drug-likeness (QED) is 0.643. The molecule has 0 fully saturated rings. The molecule has 0 aromatic heterocycles. The average Bonchev–Trinajstić information content (AvgIpc) is 2.24. The monoisotopic (exact) mass is 298 g/mol. The molecule has 0 radical (unpaired) electrons. The van der Waals surface area contributed by atoms with Crippen molar-refractivity contribution in [2.24, 2.45) is 0 Å². The van der Waals surface area contributed by atoms with Gasteiger partial charge in [0.1, 0.15) is 9.79 Å². The van der Waals surface area contributed by atoms with Crippen LogP contribution in [0.2, 0.25) is 0 Å². The number of rotatable bonds is 4. The van der Waals surface area contributed by atoms with Crippen LogP contribution in [-0.2, 0) is 26.8 Å². The van der Waals surface area contributed by atoms with Gasteiger partial charge in [0.25, 0.3) is 20.2 Å². The van der Waals surface area contributed by atoms with E-state index in [9.17, 15) is 16.8 Å². The lowest BCUT2D eigenvalue weighted by Gasteiger charge is -2.11. The maximum atomic E-state index is 11.1. The minimum absolute atomic E-state index is 0.129. The van der Waals surface area contributed by atoms with E-state index in [2.05, 4.69) is 4.74 Å². The van der Waals surface area contributed by atoms with Gasteiger partial charge in [-0.25, -0.2) is 0 Å². The van der Waals surface area contributed by atoms with E-state index < -0.39 is 42.4 Å². The van der Waals surface area contributed by atoms with Gasteiger partial charge < -0.3 is 9.84 Å². The van der Waals surface area contributed by atoms with Crippen LogP contribution in [0.25, 0.3) is 0 Å². The molecule has 8 nitrogen and oxygen atoms in total. The van der Waals surface area contributed by atoms with Gasteiger partial charge in [0.2, 0.25) is 0 Å². The predicted molar refractivity (Wildman–Crippen MR) is 58.5 cm³/mol. The van der Waals surface area contributed by atoms with Crippen LogP contribution in [0.5, 0.6) is 5.75 Å². The largest absolute Gasteiger partial charge is 0.494 e. The molecule has 0 spiro atoms. The summed E-state index contributed by atoms with van der Waals surface area (Å²) in [4.78, 5) is -1.71. The van der Waals surface area contributed by atoms with Crippen molar-refractivity contribution in [3.63, 3.8) is 0 Å². The number of hydrogen-bond acceptors (Lipinski definition) is 6. The minimum Gasteiger partial charge on any atom is -0.494 e. The highest BCUT2D eigenvalue weighted by Crippen LogP contribution is 2.32. The molecule has 10 heteroatoms. The zero-order valence-electron chi connectivity index (χ0n) is 9.06. The van der Waals surface area contributed by atoms with Gasteiger partial charge in [-0.15, -0.1) is 0 Å². The highest BCUT2D eigenvalue weighted by Gasteiger charge is 2.26. The first kappa shape index (κ1) is 14.9. The molecule has 18 heavy (non-hydrogen) atoms. The van der Waals surface area contributed by atoms with E-state index in [0.717, 1.165) is 19.2 Å². The average molecular weight is 298 g/mol. The summed E-state index contributed by atoms with van der Waals surface area (Å²) in [5, 5.41) is 8.89. The Morgan fingerprint density at radius 2 is 1.44 bits per heavy atom. The molecule has 0 saturated carbocycles. The van der Waals surface area contributed by atoms with E-state index in [1.807, 2.05) is 0 Å². The molecule has 0 aliphatic heterocycles. The van der Waals surface area contributed by atoms with Crippen molar-refractivity contribution in [2.45, 2.75) is 16.4 Å². The molecule has 0 amide bonds. The van der Waals surface area contributed by atoms with Crippen molar-refractivity contribution in [1.29, 1.82) is 0 Å².